The molecule has 3 aromatic rings. The molecule has 142 valence electrons. The maximum atomic E-state index is 13.7. The Morgan fingerprint density at radius 1 is 1.19 bits per heavy atom. The second-order valence-corrected chi connectivity index (χ2v) is 7.47. The van der Waals surface area contributed by atoms with Crippen molar-refractivity contribution in [3.8, 4) is 11.3 Å². The fourth-order valence-electron chi connectivity index (χ4n) is 3.50. The normalized spacial score (nSPS) is 15.3. The third kappa shape index (κ3) is 3.78. The Labute approximate surface area is 157 Å². The zero-order valence-electron chi connectivity index (χ0n) is 15.9. The van der Waals surface area contributed by atoms with Gasteiger partial charge in [-0.05, 0) is 61.9 Å². The molecule has 0 unspecified atom stereocenters. The summed E-state index contributed by atoms with van der Waals surface area (Å²) in [7, 11) is 3.71. The molecule has 0 spiro atoms. The second-order valence-electron chi connectivity index (χ2n) is 7.47. The standard InChI is InChI=1S/C20H24FN5O/c1-12(27)18-9-14(21)6-7-17(18)20-19(23-26(3)24-20)11-16-10-15(22-25(16)2)8-13-4-5-13/h6-7,9-10,12-13,27H,4-5,8,11H2,1-3H3/t12-/m1/s1. The van der Waals surface area contributed by atoms with Crippen molar-refractivity contribution in [1.29, 1.82) is 0 Å². The van der Waals surface area contributed by atoms with E-state index in [1.54, 1.807) is 20.0 Å². The molecule has 1 aliphatic rings. The molecule has 4 rings (SSSR count). The number of benzene rings is 1. The summed E-state index contributed by atoms with van der Waals surface area (Å²) in [6.45, 7) is 1.62. The van der Waals surface area contributed by atoms with E-state index >= 15 is 0 Å². The van der Waals surface area contributed by atoms with Crippen LogP contribution in [0.1, 0.15) is 48.5 Å². The van der Waals surface area contributed by atoms with Crippen LogP contribution < -0.4 is 0 Å². The second kappa shape index (κ2) is 6.88. The van der Waals surface area contributed by atoms with E-state index in [1.807, 2.05) is 11.7 Å². The van der Waals surface area contributed by atoms with E-state index in [0.717, 1.165) is 29.4 Å². The molecule has 6 nitrogen and oxygen atoms in total. The van der Waals surface area contributed by atoms with Gasteiger partial charge in [0.05, 0.1) is 17.5 Å². The minimum atomic E-state index is -0.799. The predicted molar refractivity (Wildman–Crippen MR) is 99.5 cm³/mol. The average Bonchev–Trinajstić information content (AvgIpc) is 3.25. The molecule has 1 atom stereocenters. The van der Waals surface area contributed by atoms with Crippen molar-refractivity contribution < 1.29 is 9.50 Å². The van der Waals surface area contributed by atoms with E-state index < -0.39 is 6.10 Å². The van der Waals surface area contributed by atoms with Crippen LogP contribution in [0.25, 0.3) is 11.3 Å². The Kier molecular flexibility index (Phi) is 4.55. The quantitative estimate of drug-likeness (QED) is 0.725. The third-order valence-corrected chi connectivity index (χ3v) is 5.07. The van der Waals surface area contributed by atoms with Crippen LogP contribution in [0.5, 0.6) is 0 Å². The molecule has 1 saturated carbocycles. The van der Waals surface area contributed by atoms with Gasteiger partial charge < -0.3 is 5.11 Å². The van der Waals surface area contributed by atoms with Gasteiger partial charge in [0.1, 0.15) is 11.5 Å². The molecule has 0 amide bonds. The summed E-state index contributed by atoms with van der Waals surface area (Å²) >= 11 is 0. The van der Waals surface area contributed by atoms with Crippen molar-refractivity contribution in [3.63, 3.8) is 0 Å². The maximum absolute atomic E-state index is 13.7. The Morgan fingerprint density at radius 3 is 2.67 bits per heavy atom. The molecule has 1 aliphatic carbocycles. The number of nitrogens with zero attached hydrogens (tertiary/aromatic N) is 5. The van der Waals surface area contributed by atoms with Crippen LogP contribution in [0.4, 0.5) is 4.39 Å². The monoisotopic (exact) mass is 369 g/mol. The Balaban J connectivity index is 1.69. The topological polar surface area (TPSA) is 68.8 Å². The first kappa shape index (κ1) is 17.9. The highest BCUT2D eigenvalue weighted by Gasteiger charge is 2.24. The highest BCUT2D eigenvalue weighted by Crippen LogP contribution is 2.33. The number of aliphatic hydroxyl groups is 1. The largest absolute Gasteiger partial charge is 0.389 e. The van der Waals surface area contributed by atoms with Gasteiger partial charge in [0.25, 0.3) is 0 Å². The molecule has 0 bridgehead atoms. The van der Waals surface area contributed by atoms with Crippen molar-refractivity contribution in [2.24, 2.45) is 20.0 Å². The lowest BCUT2D eigenvalue weighted by Crippen LogP contribution is -2.02. The first-order valence-corrected chi connectivity index (χ1v) is 9.30. The van der Waals surface area contributed by atoms with Crippen LogP contribution in [-0.2, 0) is 26.9 Å². The highest BCUT2D eigenvalue weighted by molar-refractivity contribution is 5.66. The Bertz CT molecular complexity index is 971. The summed E-state index contributed by atoms with van der Waals surface area (Å²) in [5.41, 5.74) is 4.84. The summed E-state index contributed by atoms with van der Waals surface area (Å²) in [6.07, 6.45) is 3.41. The van der Waals surface area contributed by atoms with Gasteiger partial charge in [-0.1, -0.05) is 0 Å². The number of aryl methyl sites for hydroxylation is 2. The number of aromatic nitrogens is 5. The molecular weight excluding hydrogens is 345 g/mol. The predicted octanol–water partition coefficient (Wildman–Crippen LogP) is 2.95. The molecule has 7 heteroatoms. The Morgan fingerprint density at radius 2 is 1.96 bits per heavy atom. The van der Waals surface area contributed by atoms with E-state index in [4.69, 9.17) is 0 Å². The first-order chi connectivity index (χ1) is 12.9. The van der Waals surface area contributed by atoms with E-state index in [0.29, 0.717) is 23.2 Å². The fourth-order valence-corrected chi connectivity index (χ4v) is 3.50. The van der Waals surface area contributed by atoms with E-state index in [-0.39, 0.29) is 5.82 Å². The van der Waals surface area contributed by atoms with Crippen molar-refractivity contribution >= 4 is 0 Å². The smallest absolute Gasteiger partial charge is 0.123 e. The number of hydrogen-bond acceptors (Lipinski definition) is 4. The zero-order chi connectivity index (χ0) is 19.1. The summed E-state index contributed by atoms with van der Waals surface area (Å²) in [5, 5.41) is 23.7. The third-order valence-electron chi connectivity index (χ3n) is 5.07. The number of rotatable bonds is 6. The molecule has 0 radical (unpaired) electrons. The van der Waals surface area contributed by atoms with Gasteiger partial charge in [-0.3, -0.25) is 4.68 Å². The summed E-state index contributed by atoms with van der Waals surface area (Å²) in [5.74, 6) is 0.407. The number of halogens is 1. The van der Waals surface area contributed by atoms with Gasteiger partial charge in [0, 0.05) is 31.8 Å². The van der Waals surface area contributed by atoms with Gasteiger partial charge in [-0.25, -0.2) is 4.39 Å². The molecule has 1 aromatic carbocycles. The summed E-state index contributed by atoms with van der Waals surface area (Å²) in [4.78, 5) is 1.52. The van der Waals surface area contributed by atoms with Gasteiger partial charge >= 0.3 is 0 Å². The first-order valence-electron chi connectivity index (χ1n) is 9.30. The molecule has 27 heavy (non-hydrogen) atoms. The lowest BCUT2D eigenvalue weighted by atomic mass is 9.98. The van der Waals surface area contributed by atoms with E-state index in [2.05, 4.69) is 21.4 Å². The van der Waals surface area contributed by atoms with Gasteiger partial charge in [-0.2, -0.15) is 20.1 Å². The molecule has 0 aliphatic heterocycles. The van der Waals surface area contributed by atoms with Crippen molar-refractivity contribution in [2.75, 3.05) is 0 Å². The highest BCUT2D eigenvalue weighted by atomic mass is 19.1. The van der Waals surface area contributed by atoms with Crippen LogP contribution in [-0.4, -0.2) is 29.9 Å². The SMILES string of the molecule is C[C@@H](O)c1cc(F)ccc1-c1nn(C)nc1Cc1cc(CC2CC2)nn1C. The maximum Gasteiger partial charge on any atom is 0.123 e. The van der Waals surface area contributed by atoms with Crippen LogP contribution in [0.2, 0.25) is 0 Å². The fraction of sp³-hybridized carbons (Fsp3) is 0.450. The van der Waals surface area contributed by atoms with Crippen LogP contribution in [0.15, 0.2) is 24.3 Å². The van der Waals surface area contributed by atoms with Gasteiger partial charge in [0.2, 0.25) is 0 Å². The van der Waals surface area contributed by atoms with Gasteiger partial charge in [-0.15, -0.1) is 0 Å². The number of hydrogen-bond donors (Lipinski definition) is 1. The summed E-state index contributed by atoms with van der Waals surface area (Å²) < 4.78 is 15.6. The molecule has 2 heterocycles. The van der Waals surface area contributed by atoms with Gasteiger partial charge in [0.15, 0.2) is 0 Å². The van der Waals surface area contributed by atoms with Crippen LogP contribution >= 0.6 is 0 Å². The van der Waals surface area contributed by atoms with Crippen molar-refractivity contribution in [2.45, 2.75) is 38.7 Å². The lowest BCUT2D eigenvalue weighted by molar-refractivity contribution is 0.199. The zero-order valence-corrected chi connectivity index (χ0v) is 15.9. The van der Waals surface area contributed by atoms with Crippen LogP contribution in [0, 0.1) is 11.7 Å². The lowest BCUT2D eigenvalue weighted by Gasteiger charge is -2.11. The van der Waals surface area contributed by atoms with Crippen molar-refractivity contribution in [1.82, 2.24) is 24.8 Å². The number of aliphatic hydroxyl groups excluding tert-OH is 1. The summed E-state index contributed by atoms with van der Waals surface area (Å²) in [6, 6.07) is 6.54. The van der Waals surface area contributed by atoms with E-state index in [9.17, 15) is 9.50 Å². The average molecular weight is 369 g/mol. The molecular formula is C20H24FN5O. The molecule has 1 N–H and O–H groups in total. The molecule has 2 aromatic heterocycles. The van der Waals surface area contributed by atoms with Crippen LogP contribution in [0.3, 0.4) is 0 Å². The minimum Gasteiger partial charge on any atom is -0.389 e. The molecule has 1 fully saturated rings. The Hall–Kier alpha value is -2.54. The minimum absolute atomic E-state index is 0.378. The molecule has 0 saturated heterocycles. The van der Waals surface area contributed by atoms with E-state index in [1.165, 1.54) is 29.8 Å². The van der Waals surface area contributed by atoms with Crippen molar-refractivity contribution in [3.05, 3.63) is 52.7 Å².